The molecule has 4 nitrogen and oxygen atoms in total. The molecule has 2 N–H and O–H groups in total. The van der Waals surface area contributed by atoms with Gasteiger partial charge in [0.05, 0.1) is 0 Å². The Morgan fingerprint density at radius 2 is 1.40 bits per heavy atom. The van der Waals surface area contributed by atoms with Crippen LogP contribution in [0.5, 0.6) is 0 Å². The van der Waals surface area contributed by atoms with Gasteiger partial charge in [-0.25, -0.2) is 0 Å². The van der Waals surface area contributed by atoms with Gasteiger partial charge >= 0.3 is 21.3 Å². The predicted octanol–water partition coefficient (Wildman–Crippen LogP) is 3.30. The molecule has 0 unspecified atom stereocenters. The number of hydrogen-bond donors (Lipinski definition) is 2. The summed E-state index contributed by atoms with van der Waals surface area (Å²) >= 11 is 0. The number of rotatable bonds is 8. The van der Waals surface area contributed by atoms with E-state index >= 15 is 0 Å². The molecule has 9 heteroatoms. The topological polar surface area (TPSA) is 66.4 Å². The minimum atomic E-state index is -6.09. The molecule has 0 aliphatic heterocycles. The summed E-state index contributed by atoms with van der Waals surface area (Å²) in [5, 5.41) is -2.68. The van der Waals surface area contributed by atoms with Crippen molar-refractivity contribution in [2.45, 2.75) is 56.6 Å². The molecule has 0 aromatic heterocycles. The van der Waals surface area contributed by atoms with Crippen LogP contribution in [0.2, 0.25) is 0 Å². The van der Waals surface area contributed by atoms with Gasteiger partial charge in [0.2, 0.25) is 0 Å². The molecule has 0 aliphatic rings. The van der Waals surface area contributed by atoms with E-state index in [-0.39, 0.29) is 6.42 Å². The molecule has 0 atom stereocenters. The van der Waals surface area contributed by atoms with Crippen molar-refractivity contribution in [2.75, 3.05) is 14.1 Å². The van der Waals surface area contributed by atoms with Gasteiger partial charge in [0.1, 0.15) is 0 Å². The van der Waals surface area contributed by atoms with Crippen molar-refractivity contribution in [1.29, 1.82) is 0 Å². The van der Waals surface area contributed by atoms with E-state index in [0.717, 1.165) is 12.8 Å². The minimum absolute atomic E-state index is 0.210. The third-order valence-electron chi connectivity index (χ3n) is 2.34. The summed E-state index contributed by atoms with van der Waals surface area (Å²) in [4.78, 5) is 0. The summed E-state index contributed by atoms with van der Waals surface area (Å²) in [6, 6.07) is 0. The van der Waals surface area contributed by atoms with Crippen LogP contribution in [-0.4, -0.2) is 38.2 Å². The van der Waals surface area contributed by atoms with Crippen molar-refractivity contribution < 1.29 is 30.5 Å². The van der Waals surface area contributed by atoms with Gasteiger partial charge < -0.3 is 5.32 Å². The van der Waals surface area contributed by atoms with Crippen molar-refractivity contribution in [3.63, 3.8) is 0 Å². The molecular formula is C11H23F4NO3S. The van der Waals surface area contributed by atoms with Crippen LogP contribution in [-0.2, 0) is 10.1 Å². The molecule has 20 heavy (non-hydrogen) atoms. The van der Waals surface area contributed by atoms with Crippen LogP contribution in [0.1, 0.15) is 45.4 Å². The fourth-order valence-corrected chi connectivity index (χ4v) is 1.76. The van der Waals surface area contributed by atoms with E-state index in [2.05, 4.69) is 5.32 Å². The van der Waals surface area contributed by atoms with Crippen LogP contribution in [0.4, 0.5) is 17.6 Å². The first-order valence-electron chi connectivity index (χ1n) is 6.29. The fraction of sp³-hybridized carbons (Fsp3) is 1.00. The molecule has 0 saturated heterocycles. The number of nitrogens with one attached hydrogen (secondary N) is 1. The number of hydrogen-bond acceptors (Lipinski definition) is 3. The van der Waals surface area contributed by atoms with Gasteiger partial charge in [-0.15, -0.1) is 0 Å². The maximum absolute atomic E-state index is 12.9. The fourth-order valence-electron chi connectivity index (χ4n) is 1.28. The minimum Gasteiger partial charge on any atom is -0.323 e. The van der Waals surface area contributed by atoms with Crippen LogP contribution in [0.25, 0.3) is 0 Å². The highest BCUT2D eigenvalue weighted by atomic mass is 32.2. The van der Waals surface area contributed by atoms with E-state index in [1.807, 2.05) is 21.0 Å². The molecule has 0 aromatic rings. The summed E-state index contributed by atoms with van der Waals surface area (Å²) in [5.74, 6) is -4.74. The molecule has 0 rings (SSSR count). The summed E-state index contributed by atoms with van der Waals surface area (Å²) in [7, 11) is -2.34. The predicted molar refractivity (Wildman–Crippen MR) is 69.8 cm³/mol. The zero-order valence-electron chi connectivity index (χ0n) is 11.9. The van der Waals surface area contributed by atoms with Gasteiger partial charge in [0.15, 0.2) is 0 Å². The molecule has 0 bridgehead atoms. The van der Waals surface area contributed by atoms with Crippen molar-refractivity contribution in [3.8, 4) is 0 Å². The highest BCUT2D eigenvalue weighted by molar-refractivity contribution is 7.87. The van der Waals surface area contributed by atoms with Crippen LogP contribution in [0.15, 0.2) is 0 Å². The maximum atomic E-state index is 12.9. The molecular weight excluding hydrogens is 302 g/mol. The second kappa shape index (κ2) is 9.51. The summed E-state index contributed by atoms with van der Waals surface area (Å²) in [5.41, 5.74) is 0. The molecule has 0 aliphatic carbocycles. The first-order valence-corrected chi connectivity index (χ1v) is 7.73. The number of unbranched alkanes of at least 4 members (excludes halogenated alkanes) is 4. The normalized spacial score (nSPS) is 12.8. The Kier molecular flexibility index (Phi) is 10.4. The van der Waals surface area contributed by atoms with E-state index < -0.39 is 27.7 Å². The Balaban J connectivity index is 0. The molecule has 0 radical (unpaired) electrons. The van der Waals surface area contributed by atoms with Gasteiger partial charge in [-0.3, -0.25) is 4.55 Å². The zero-order chi connectivity index (χ0) is 16.4. The number of halogens is 4. The van der Waals surface area contributed by atoms with Gasteiger partial charge in [0, 0.05) is 6.42 Å². The smallest absolute Gasteiger partial charge is 0.323 e. The monoisotopic (exact) mass is 325 g/mol. The molecule has 0 spiro atoms. The van der Waals surface area contributed by atoms with Gasteiger partial charge in [-0.2, -0.15) is 26.0 Å². The molecule has 124 valence electrons. The van der Waals surface area contributed by atoms with E-state index in [1.54, 1.807) is 0 Å². The van der Waals surface area contributed by atoms with Gasteiger partial charge in [-0.1, -0.05) is 32.6 Å². The van der Waals surface area contributed by atoms with Crippen LogP contribution in [0, 0.1) is 0 Å². The third-order valence-corrected chi connectivity index (χ3v) is 3.29. The van der Waals surface area contributed by atoms with E-state index in [9.17, 15) is 26.0 Å². The van der Waals surface area contributed by atoms with Crippen LogP contribution >= 0.6 is 0 Å². The summed E-state index contributed by atoms with van der Waals surface area (Å²) in [6.07, 6.45) is 1.16. The lowest BCUT2D eigenvalue weighted by Gasteiger charge is -2.23. The molecule has 0 fully saturated rings. The Morgan fingerprint density at radius 1 is 1.00 bits per heavy atom. The third kappa shape index (κ3) is 7.39. The van der Waals surface area contributed by atoms with Crippen molar-refractivity contribution in [1.82, 2.24) is 5.32 Å². The highest BCUT2D eigenvalue weighted by Gasteiger charge is 2.64. The largest absolute Gasteiger partial charge is 0.431 e. The Bertz CT molecular complexity index is 348. The summed E-state index contributed by atoms with van der Waals surface area (Å²) in [6.45, 7) is 1.90. The summed E-state index contributed by atoms with van der Waals surface area (Å²) < 4.78 is 79.6. The van der Waals surface area contributed by atoms with Gasteiger partial charge in [0.25, 0.3) is 0 Å². The quantitative estimate of drug-likeness (QED) is 0.408. The Hall–Kier alpha value is -0.410. The first kappa shape index (κ1) is 21.9. The van der Waals surface area contributed by atoms with Crippen molar-refractivity contribution in [3.05, 3.63) is 0 Å². The molecule has 0 amide bonds. The molecule has 0 heterocycles. The average molecular weight is 325 g/mol. The first-order chi connectivity index (χ1) is 8.97. The average Bonchev–Trinajstić information content (AvgIpc) is 2.28. The van der Waals surface area contributed by atoms with Gasteiger partial charge in [-0.05, 0) is 20.5 Å². The lowest BCUT2D eigenvalue weighted by Crippen LogP contribution is -2.46. The highest BCUT2D eigenvalue weighted by Crippen LogP contribution is 2.41. The SMILES string of the molecule is CCCCCCCC(F)(F)C(F)(F)S(=O)(=O)O.CNC. The van der Waals surface area contributed by atoms with E-state index in [0.29, 0.717) is 12.8 Å². The molecule has 0 saturated carbocycles. The maximum Gasteiger partial charge on any atom is 0.431 e. The van der Waals surface area contributed by atoms with Crippen molar-refractivity contribution in [2.24, 2.45) is 0 Å². The molecule has 0 aromatic carbocycles. The number of alkyl halides is 4. The van der Waals surface area contributed by atoms with Crippen LogP contribution < -0.4 is 5.32 Å². The Morgan fingerprint density at radius 3 is 1.75 bits per heavy atom. The second-order valence-corrected chi connectivity index (χ2v) is 5.82. The van der Waals surface area contributed by atoms with Crippen LogP contribution in [0.3, 0.4) is 0 Å². The van der Waals surface area contributed by atoms with E-state index in [4.69, 9.17) is 4.55 Å². The zero-order valence-corrected chi connectivity index (χ0v) is 12.7. The lowest BCUT2D eigenvalue weighted by molar-refractivity contribution is -0.164. The van der Waals surface area contributed by atoms with E-state index in [1.165, 1.54) is 0 Å². The second-order valence-electron chi connectivity index (χ2n) is 4.36. The lowest BCUT2D eigenvalue weighted by atomic mass is 10.1. The Labute approximate surface area is 117 Å². The van der Waals surface area contributed by atoms with Crippen molar-refractivity contribution >= 4 is 10.1 Å². The standard InChI is InChI=1S/C9H16F4O3S.C2H7N/c1-2-3-4-5-6-7-8(10,11)9(12,13)17(14,15)16;1-3-2/h2-7H2,1H3,(H,14,15,16);3H,1-2H3.